The number of ether oxygens (including phenoxy) is 3. The highest BCUT2D eigenvalue weighted by atomic mass is 35.5. The number of morpholine rings is 1. The van der Waals surface area contributed by atoms with Crippen molar-refractivity contribution < 1.29 is 23.8 Å². The number of nitrogens with one attached hydrogen (secondary N) is 1. The number of benzene rings is 2. The van der Waals surface area contributed by atoms with Crippen LogP contribution in [0.2, 0.25) is 5.02 Å². The molecular weight excluding hydrogens is 532 g/mol. The topological polar surface area (TPSA) is 77.1 Å². The van der Waals surface area contributed by atoms with Gasteiger partial charge in [0.05, 0.1) is 30.9 Å². The zero-order chi connectivity index (χ0) is 25.8. The molecule has 1 saturated heterocycles. The molecule has 1 aromatic heterocycles. The molecule has 0 spiro atoms. The van der Waals surface area contributed by atoms with Crippen molar-refractivity contribution in [2.45, 2.75) is 16.9 Å². The molecule has 2 aliphatic rings. The van der Waals surface area contributed by atoms with Gasteiger partial charge in [0.1, 0.15) is 10.7 Å². The Morgan fingerprint density at radius 2 is 1.86 bits per heavy atom. The number of carbonyl (C=O) groups is 2. The van der Waals surface area contributed by atoms with Gasteiger partial charge < -0.3 is 24.4 Å². The highest BCUT2D eigenvalue weighted by Gasteiger charge is 2.44. The molecule has 2 aromatic carbocycles. The number of rotatable bonds is 6. The molecule has 1 fully saturated rings. The van der Waals surface area contributed by atoms with Crippen molar-refractivity contribution in [1.29, 1.82) is 0 Å². The molecule has 10 heteroatoms. The summed E-state index contributed by atoms with van der Waals surface area (Å²) < 4.78 is 15.9. The zero-order valence-electron chi connectivity index (χ0n) is 20.1. The van der Waals surface area contributed by atoms with Crippen molar-refractivity contribution in [2.24, 2.45) is 0 Å². The minimum absolute atomic E-state index is 0.217. The van der Waals surface area contributed by atoms with Gasteiger partial charge in [-0.25, -0.2) is 4.79 Å². The van der Waals surface area contributed by atoms with Gasteiger partial charge in [-0.05, 0) is 52.2 Å². The molecule has 1 N–H and O–H groups in total. The minimum Gasteiger partial charge on any atom is -0.437 e. The summed E-state index contributed by atoms with van der Waals surface area (Å²) in [6.07, 6.45) is -0.669. The zero-order valence-corrected chi connectivity index (χ0v) is 22.5. The van der Waals surface area contributed by atoms with Crippen molar-refractivity contribution >= 4 is 52.4 Å². The number of hydrogen-bond acceptors (Lipinski definition) is 8. The van der Waals surface area contributed by atoms with Gasteiger partial charge in [-0.15, -0.1) is 0 Å². The van der Waals surface area contributed by atoms with Crippen LogP contribution in [0.4, 0.5) is 10.5 Å². The fourth-order valence-electron chi connectivity index (χ4n) is 4.51. The lowest BCUT2D eigenvalue weighted by molar-refractivity contribution is -0.119. The molecule has 3 heterocycles. The molecule has 5 rings (SSSR count). The molecule has 37 heavy (non-hydrogen) atoms. The number of thiophene rings is 1. The number of anilines is 1. The summed E-state index contributed by atoms with van der Waals surface area (Å²) in [5.74, 6) is -0.137. The minimum atomic E-state index is -0.936. The number of methoxy groups -OCH3 is 1. The number of nitrogens with zero attached hydrogens (tertiary/aromatic N) is 1. The quantitative estimate of drug-likeness (QED) is 0.385. The summed E-state index contributed by atoms with van der Waals surface area (Å²) in [5, 5.41) is 7.70. The van der Waals surface area contributed by atoms with E-state index in [-0.39, 0.29) is 23.0 Å². The van der Waals surface area contributed by atoms with Crippen LogP contribution in [-0.2, 0) is 24.5 Å². The monoisotopic (exact) mass is 556 g/mol. The van der Waals surface area contributed by atoms with E-state index in [0.29, 0.717) is 23.1 Å². The largest absolute Gasteiger partial charge is 0.513 e. The number of carbonyl (C=O) groups excluding carboxylic acids is 2. The molecule has 0 bridgehead atoms. The van der Waals surface area contributed by atoms with E-state index in [9.17, 15) is 9.59 Å². The third kappa shape index (κ3) is 5.36. The summed E-state index contributed by atoms with van der Waals surface area (Å²) >= 11 is 9.06. The molecule has 7 nitrogen and oxygen atoms in total. The molecular formula is C27H25ClN2O5S2. The van der Waals surface area contributed by atoms with Crippen LogP contribution in [0.3, 0.4) is 0 Å². The lowest BCUT2D eigenvalue weighted by Gasteiger charge is -2.39. The van der Waals surface area contributed by atoms with Crippen LogP contribution in [0.15, 0.2) is 80.9 Å². The van der Waals surface area contributed by atoms with E-state index in [1.54, 1.807) is 6.07 Å². The normalized spacial score (nSPS) is 19.9. The third-order valence-electron chi connectivity index (χ3n) is 6.38. The third-order valence-corrected chi connectivity index (χ3v) is 8.70. The van der Waals surface area contributed by atoms with E-state index in [0.717, 1.165) is 41.7 Å². The summed E-state index contributed by atoms with van der Waals surface area (Å²) in [5.41, 5.74) is 1.93. The van der Waals surface area contributed by atoms with Gasteiger partial charge in [0.2, 0.25) is 0 Å². The number of thioether (sulfide) groups is 1. The van der Waals surface area contributed by atoms with Gasteiger partial charge in [-0.2, -0.15) is 11.3 Å². The Morgan fingerprint density at radius 1 is 1.11 bits per heavy atom. The summed E-state index contributed by atoms with van der Waals surface area (Å²) in [7, 11) is 1.24. The predicted octanol–water partition coefficient (Wildman–Crippen LogP) is 5.79. The maximum absolute atomic E-state index is 13.7. The van der Waals surface area contributed by atoms with E-state index >= 15 is 0 Å². The standard InChI is InChI=1S/C27H25ClN2O5S2/c1-33-26(32)35-22-16-27(19-10-15-36-17-19,18-6-8-20(9-7-18)30-11-13-34-14-12-30)29-25(31)24(22)37-23-5-3-2-4-21(23)28/h2-10,15,17H,11-14,16H2,1H3,(H,29,31). The Morgan fingerprint density at radius 3 is 2.54 bits per heavy atom. The van der Waals surface area contributed by atoms with E-state index in [1.807, 2.05) is 47.2 Å². The van der Waals surface area contributed by atoms with Crippen LogP contribution in [0, 0.1) is 0 Å². The average Bonchev–Trinajstić information content (AvgIpc) is 3.48. The molecule has 0 radical (unpaired) electrons. The summed E-state index contributed by atoms with van der Waals surface area (Å²) in [6.45, 7) is 3.05. The first-order valence-corrected chi connectivity index (χ1v) is 13.8. The molecule has 0 aliphatic carbocycles. The Kier molecular flexibility index (Phi) is 7.76. The highest BCUT2D eigenvalue weighted by Crippen LogP contribution is 2.45. The van der Waals surface area contributed by atoms with Crippen molar-refractivity contribution in [3.63, 3.8) is 0 Å². The van der Waals surface area contributed by atoms with Gasteiger partial charge in [0.25, 0.3) is 5.91 Å². The first-order chi connectivity index (χ1) is 18.0. The van der Waals surface area contributed by atoms with E-state index in [1.165, 1.54) is 18.4 Å². The van der Waals surface area contributed by atoms with Crippen molar-refractivity contribution in [2.75, 3.05) is 38.3 Å². The number of halogens is 1. The molecule has 2 aliphatic heterocycles. The van der Waals surface area contributed by atoms with Gasteiger partial charge in [0.15, 0.2) is 0 Å². The lowest BCUT2D eigenvalue weighted by Crippen LogP contribution is -2.50. The first kappa shape index (κ1) is 25.7. The van der Waals surface area contributed by atoms with Crippen LogP contribution in [0.25, 0.3) is 0 Å². The van der Waals surface area contributed by atoms with Gasteiger partial charge in [0, 0.05) is 30.1 Å². The highest BCUT2D eigenvalue weighted by molar-refractivity contribution is 8.04. The number of hydrogen-bond donors (Lipinski definition) is 1. The first-order valence-electron chi connectivity index (χ1n) is 11.7. The maximum atomic E-state index is 13.7. The van der Waals surface area contributed by atoms with Crippen LogP contribution >= 0.6 is 34.7 Å². The second-order valence-corrected chi connectivity index (χ2v) is 10.8. The smallest absolute Gasteiger partial charge is 0.437 e. The molecule has 0 saturated carbocycles. The van der Waals surface area contributed by atoms with Crippen molar-refractivity contribution in [3.8, 4) is 0 Å². The van der Waals surface area contributed by atoms with Crippen LogP contribution in [-0.4, -0.2) is 45.5 Å². The Labute approximate surface area is 228 Å². The number of amides is 1. The van der Waals surface area contributed by atoms with E-state index in [4.69, 9.17) is 25.8 Å². The fourth-order valence-corrected chi connectivity index (χ4v) is 6.39. The van der Waals surface area contributed by atoms with Gasteiger partial charge in [-0.3, -0.25) is 4.79 Å². The van der Waals surface area contributed by atoms with Crippen molar-refractivity contribution in [3.05, 3.63) is 92.2 Å². The van der Waals surface area contributed by atoms with Gasteiger partial charge >= 0.3 is 6.16 Å². The summed E-state index contributed by atoms with van der Waals surface area (Å²) in [4.78, 5) is 29.2. The van der Waals surface area contributed by atoms with Gasteiger partial charge in [-0.1, -0.05) is 47.6 Å². The van der Waals surface area contributed by atoms with Crippen LogP contribution in [0.1, 0.15) is 17.5 Å². The van der Waals surface area contributed by atoms with Crippen molar-refractivity contribution in [1.82, 2.24) is 5.32 Å². The van der Waals surface area contributed by atoms with Crippen LogP contribution < -0.4 is 10.2 Å². The second kappa shape index (κ2) is 11.2. The maximum Gasteiger partial charge on any atom is 0.513 e. The molecule has 1 amide bonds. The second-order valence-electron chi connectivity index (χ2n) is 8.54. The Bertz CT molecular complexity index is 1310. The van der Waals surface area contributed by atoms with E-state index < -0.39 is 11.7 Å². The predicted molar refractivity (Wildman–Crippen MR) is 145 cm³/mol. The molecule has 3 aromatic rings. The Hall–Kier alpha value is -2.98. The van der Waals surface area contributed by atoms with Crippen LogP contribution in [0.5, 0.6) is 0 Å². The van der Waals surface area contributed by atoms with E-state index in [2.05, 4.69) is 22.3 Å². The summed E-state index contributed by atoms with van der Waals surface area (Å²) in [6, 6.07) is 17.3. The fraction of sp³-hybridized carbons (Fsp3) is 0.259. The lowest BCUT2D eigenvalue weighted by atomic mass is 9.79. The molecule has 1 unspecified atom stereocenters. The molecule has 192 valence electrons. The average molecular weight is 557 g/mol. The Balaban J connectivity index is 1.56. The SMILES string of the molecule is COC(=O)OC1=C(Sc2ccccc2Cl)C(=O)NC(c2ccc(N3CCOCC3)cc2)(c2ccsc2)C1. The molecule has 1 atom stereocenters.